The first kappa shape index (κ1) is 5.57. The van der Waals surface area contributed by atoms with Crippen LogP contribution in [0.15, 0.2) is 6.08 Å². The molecule has 0 aromatic carbocycles. The third-order valence-electron chi connectivity index (χ3n) is 0.971. The van der Waals surface area contributed by atoms with Crippen molar-refractivity contribution in [3.8, 4) is 0 Å². The van der Waals surface area contributed by atoms with Crippen molar-refractivity contribution in [2.45, 2.75) is 16.9 Å². The Morgan fingerprint density at radius 1 is 1.57 bits per heavy atom. The molecule has 0 aromatic heterocycles. The Hall–Kier alpha value is 0.440. The van der Waals surface area contributed by atoms with Crippen molar-refractivity contribution in [1.29, 1.82) is 0 Å². The maximum Gasteiger partial charge on any atom is 0.0741 e. The molecule has 39 valence electrons. The van der Waals surface area contributed by atoms with Crippen LogP contribution in [0.5, 0.6) is 0 Å². The molecule has 0 unspecified atom stereocenters. The van der Waals surface area contributed by atoms with Gasteiger partial charge in [0, 0.05) is 0 Å². The Bertz CT molecular complexity index is 94.3. The number of rotatable bonds is 0. The molecule has 0 heterocycles. The standard InChI is InChI=1S/C5H7S2/c6-5(7)3-1-2-4-5/h4,6-7H,1,3H2. The quantitative estimate of drug-likeness (QED) is 0.363. The van der Waals surface area contributed by atoms with Crippen LogP contribution in [0.4, 0.5) is 0 Å². The second-order valence-corrected chi connectivity index (χ2v) is 3.68. The average molecular weight is 131 g/mol. The summed E-state index contributed by atoms with van der Waals surface area (Å²) in [7, 11) is 0. The van der Waals surface area contributed by atoms with E-state index < -0.39 is 0 Å². The SMILES string of the molecule is SC1(S)C=[C]CC1. The summed E-state index contributed by atoms with van der Waals surface area (Å²) in [6.45, 7) is 0. The maximum absolute atomic E-state index is 4.20. The minimum atomic E-state index is -0.153. The van der Waals surface area contributed by atoms with Crippen molar-refractivity contribution in [3.05, 3.63) is 12.2 Å². The van der Waals surface area contributed by atoms with Gasteiger partial charge in [0.1, 0.15) is 0 Å². The lowest BCUT2D eigenvalue weighted by Gasteiger charge is -2.09. The van der Waals surface area contributed by atoms with Gasteiger partial charge in [0.2, 0.25) is 0 Å². The zero-order valence-electron chi connectivity index (χ0n) is 3.89. The maximum atomic E-state index is 4.20. The van der Waals surface area contributed by atoms with E-state index in [1.54, 1.807) is 0 Å². The predicted octanol–water partition coefficient (Wildman–Crippen LogP) is 1.70. The molecule has 1 rings (SSSR count). The summed E-state index contributed by atoms with van der Waals surface area (Å²) in [5.41, 5.74) is 0. The summed E-state index contributed by atoms with van der Waals surface area (Å²) in [6.07, 6.45) is 6.96. The summed E-state index contributed by atoms with van der Waals surface area (Å²) in [5.74, 6) is 0. The molecule has 0 aromatic rings. The first-order valence-corrected chi connectivity index (χ1v) is 3.13. The Morgan fingerprint density at radius 3 is 2.43 bits per heavy atom. The lowest BCUT2D eigenvalue weighted by Crippen LogP contribution is -2.01. The molecule has 1 aliphatic rings. The highest BCUT2D eigenvalue weighted by Gasteiger charge is 2.18. The van der Waals surface area contributed by atoms with Crippen molar-refractivity contribution in [2.75, 3.05) is 0 Å². The van der Waals surface area contributed by atoms with E-state index in [1.807, 2.05) is 6.08 Å². The van der Waals surface area contributed by atoms with Crippen molar-refractivity contribution in [1.82, 2.24) is 0 Å². The van der Waals surface area contributed by atoms with E-state index in [0.29, 0.717) is 0 Å². The smallest absolute Gasteiger partial charge is 0.0741 e. The molecule has 2 heteroatoms. The van der Waals surface area contributed by atoms with E-state index in [1.165, 1.54) is 0 Å². The van der Waals surface area contributed by atoms with Crippen molar-refractivity contribution >= 4 is 25.3 Å². The summed E-state index contributed by atoms with van der Waals surface area (Å²) >= 11 is 8.39. The van der Waals surface area contributed by atoms with Crippen LogP contribution < -0.4 is 0 Å². The molecule has 1 radical (unpaired) electrons. The summed E-state index contributed by atoms with van der Waals surface area (Å²) < 4.78 is -0.153. The largest absolute Gasteiger partial charge is 0.158 e. The fourth-order valence-electron chi connectivity index (χ4n) is 0.564. The highest BCUT2D eigenvalue weighted by atomic mass is 32.2. The Balaban J connectivity index is 2.57. The van der Waals surface area contributed by atoms with E-state index >= 15 is 0 Å². The van der Waals surface area contributed by atoms with Crippen LogP contribution in [0.3, 0.4) is 0 Å². The first-order valence-electron chi connectivity index (χ1n) is 2.23. The third kappa shape index (κ3) is 1.42. The van der Waals surface area contributed by atoms with E-state index in [9.17, 15) is 0 Å². The van der Waals surface area contributed by atoms with Gasteiger partial charge in [-0.25, -0.2) is 0 Å². The zero-order chi connectivity index (χ0) is 5.33. The van der Waals surface area contributed by atoms with E-state index in [-0.39, 0.29) is 4.08 Å². The van der Waals surface area contributed by atoms with Crippen LogP contribution in [0, 0.1) is 6.08 Å². The molecule has 0 saturated carbocycles. The molecule has 0 fully saturated rings. The monoisotopic (exact) mass is 131 g/mol. The molecular formula is C5H7S2. The van der Waals surface area contributed by atoms with Crippen LogP contribution in [-0.2, 0) is 0 Å². The second kappa shape index (κ2) is 1.75. The van der Waals surface area contributed by atoms with Gasteiger partial charge in [-0.2, -0.15) is 25.3 Å². The second-order valence-electron chi connectivity index (χ2n) is 1.73. The molecule has 0 nitrogen and oxygen atoms in total. The molecule has 1 aliphatic carbocycles. The highest BCUT2D eigenvalue weighted by molar-refractivity contribution is 8.00. The Kier molecular flexibility index (Phi) is 1.39. The van der Waals surface area contributed by atoms with E-state index in [2.05, 4.69) is 31.3 Å². The van der Waals surface area contributed by atoms with Gasteiger partial charge in [-0.3, -0.25) is 0 Å². The molecule has 0 aliphatic heterocycles. The highest BCUT2D eigenvalue weighted by Crippen LogP contribution is 2.31. The van der Waals surface area contributed by atoms with Gasteiger partial charge in [0.15, 0.2) is 0 Å². The summed E-state index contributed by atoms with van der Waals surface area (Å²) in [4.78, 5) is 0. The van der Waals surface area contributed by atoms with Crippen LogP contribution in [0.1, 0.15) is 12.8 Å². The van der Waals surface area contributed by atoms with Crippen molar-refractivity contribution in [3.63, 3.8) is 0 Å². The number of allylic oxidation sites excluding steroid dienone is 1. The molecule has 0 N–H and O–H groups in total. The lowest BCUT2D eigenvalue weighted by atomic mass is 10.3. The number of hydrogen-bond donors (Lipinski definition) is 2. The summed E-state index contributed by atoms with van der Waals surface area (Å²) in [5, 5.41) is 0. The normalized spacial score (nSPS) is 26.0. The number of hydrogen-bond acceptors (Lipinski definition) is 2. The lowest BCUT2D eigenvalue weighted by molar-refractivity contribution is 0.903. The van der Waals surface area contributed by atoms with Gasteiger partial charge >= 0.3 is 0 Å². The van der Waals surface area contributed by atoms with Gasteiger partial charge in [-0.05, 0) is 18.9 Å². The third-order valence-corrected chi connectivity index (χ3v) is 1.68. The minimum absolute atomic E-state index is 0.153. The first-order chi connectivity index (χ1) is 3.21. The van der Waals surface area contributed by atoms with Gasteiger partial charge in [0.05, 0.1) is 4.08 Å². The van der Waals surface area contributed by atoms with Crippen LogP contribution in [-0.4, -0.2) is 4.08 Å². The van der Waals surface area contributed by atoms with Crippen LogP contribution in [0.25, 0.3) is 0 Å². The Morgan fingerprint density at radius 2 is 2.29 bits per heavy atom. The molecule has 0 spiro atoms. The molecular weight excluding hydrogens is 124 g/mol. The van der Waals surface area contributed by atoms with Crippen molar-refractivity contribution in [2.24, 2.45) is 0 Å². The van der Waals surface area contributed by atoms with Crippen LogP contribution in [0.2, 0.25) is 0 Å². The molecule has 0 amide bonds. The minimum Gasteiger partial charge on any atom is -0.158 e. The fraction of sp³-hybridized carbons (Fsp3) is 0.600. The molecule has 0 saturated heterocycles. The predicted molar refractivity (Wildman–Crippen MR) is 37.8 cm³/mol. The van der Waals surface area contributed by atoms with Gasteiger partial charge < -0.3 is 0 Å². The summed E-state index contributed by atoms with van der Waals surface area (Å²) in [6, 6.07) is 0. The fourth-order valence-corrected chi connectivity index (χ4v) is 0.970. The van der Waals surface area contributed by atoms with Gasteiger partial charge in [-0.1, -0.05) is 6.08 Å². The molecule has 0 atom stereocenters. The topological polar surface area (TPSA) is 0 Å². The van der Waals surface area contributed by atoms with E-state index in [4.69, 9.17) is 0 Å². The van der Waals surface area contributed by atoms with Gasteiger partial charge in [0.25, 0.3) is 0 Å². The Labute approximate surface area is 54.8 Å². The number of thiol groups is 2. The van der Waals surface area contributed by atoms with Crippen LogP contribution >= 0.6 is 25.3 Å². The van der Waals surface area contributed by atoms with Gasteiger partial charge in [-0.15, -0.1) is 0 Å². The van der Waals surface area contributed by atoms with Crippen molar-refractivity contribution < 1.29 is 0 Å². The van der Waals surface area contributed by atoms with E-state index in [0.717, 1.165) is 12.8 Å². The zero-order valence-corrected chi connectivity index (χ0v) is 5.67. The molecule has 7 heavy (non-hydrogen) atoms. The molecule has 0 bridgehead atoms. The average Bonchev–Trinajstić information content (AvgIpc) is 1.84.